The van der Waals surface area contributed by atoms with E-state index in [9.17, 15) is 19.5 Å². The molecule has 0 spiro atoms. The molecule has 2 aromatic carbocycles. The lowest BCUT2D eigenvalue weighted by Gasteiger charge is -2.14. The minimum Gasteiger partial charge on any atom is -0.491 e. The quantitative estimate of drug-likeness (QED) is 0.493. The van der Waals surface area contributed by atoms with Crippen LogP contribution in [0.2, 0.25) is 0 Å². The van der Waals surface area contributed by atoms with Gasteiger partial charge in [0.1, 0.15) is 18.5 Å². The maximum Gasteiger partial charge on any atom is 0.338 e. The van der Waals surface area contributed by atoms with E-state index in [1.165, 1.54) is 11.5 Å². The van der Waals surface area contributed by atoms with Crippen molar-refractivity contribution in [1.29, 1.82) is 0 Å². The first-order chi connectivity index (χ1) is 15.3. The minimum atomic E-state index is -0.968. The number of imidazole rings is 1. The van der Waals surface area contributed by atoms with E-state index in [0.717, 1.165) is 0 Å². The summed E-state index contributed by atoms with van der Waals surface area (Å²) in [5, 5.41) is 13.2. The van der Waals surface area contributed by atoms with Gasteiger partial charge < -0.3 is 19.9 Å². The number of nitrogens with zero attached hydrogens (tertiary/aromatic N) is 2. The molecule has 1 aromatic heterocycles. The average molecular weight is 441 g/mol. The molecule has 170 valence electrons. The smallest absolute Gasteiger partial charge is 0.338 e. The third-order valence-electron chi connectivity index (χ3n) is 4.86. The molecule has 32 heavy (non-hydrogen) atoms. The standard InChI is InChI=1S/C23H27N3O6/c1-4-25-20-11-6-16(22(29)31-5-2)12-21(20)26(23(25)30)13-18(28)14-32-19-9-7-17(8-10-19)24-15(3)27/h6-12,18,28H,4-5,13-14H2,1-3H3,(H,24,27)/t18-/m1/s1. The number of aliphatic hydroxyl groups excluding tert-OH is 1. The van der Waals surface area contributed by atoms with Crippen LogP contribution in [0.3, 0.4) is 0 Å². The van der Waals surface area contributed by atoms with Crippen molar-refractivity contribution in [3.05, 3.63) is 58.5 Å². The predicted octanol–water partition coefficient (Wildman–Crippen LogP) is 2.40. The highest BCUT2D eigenvalue weighted by atomic mass is 16.5. The van der Waals surface area contributed by atoms with Crippen LogP contribution in [0.4, 0.5) is 5.69 Å². The highest BCUT2D eigenvalue weighted by Crippen LogP contribution is 2.18. The maximum absolute atomic E-state index is 12.9. The summed E-state index contributed by atoms with van der Waals surface area (Å²) in [7, 11) is 0. The molecule has 1 amide bonds. The first-order valence-electron chi connectivity index (χ1n) is 10.4. The van der Waals surface area contributed by atoms with Gasteiger partial charge in [-0.15, -0.1) is 0 Å². The van der Waals surface area contributed by atoms with Crippen LogP contribution in [0.25, 0.3) is 11.0 Å². The number of nitrogens with one attached hydrogen (secondary N) is 1. The Bertz CT molecular complexity index is 1160. The van der Waals surface area contributed by atoms with Crippen molar-refractivity contribution in [2.45, 2.75) is 40.0 Å². The number of ether oxygens (including phenoxy) is 2. The molecule has 0 aliphatic heterocycles. The van der Waals surface area contributed by atoms with Crippen molar-refractivity contribution in [2.75, 3.05) is 18.5 Å². The van der Waals surface area contributed by atoms with E-state index in [4.69, 9.17) is 9.47 Å². The van der Waals surface area contributed by atoms with Crippen molar-refractivity contribution in [3.63, 3.8) is 0 Å². The Morgan fingerprint density at radius 2 is 1.78 bits per heavy atom. The van der Waals surface area contributed by atoms with Crippen LogP contribution in [0.1, 0.15) is 31.1 Å². The molecule has 3 aromatic rings. The van der Waals surface area contributed by atoms with Crippen LogP contribution in [-0.2, 0) is 22.6 Å². The molecular weight excluding hydrogens is 414 g/mol. The highest BCUT2D eigenvalue weighted by Gasteiger charge is 2.18. The Balaban J connectivity index is 1.77. The number of fused-ring (bicyclic) bond motifs is 1. The van der Waals surface area contributed by atoms with Gasteiger partial charge in [0, 0.05) is 19.2 Å². The van der Waals surface area contributed by atoms with Gasteiger partial charge in [0.15, 0.2) is 0 Å². The molecule has 0 saturated heterocycles. The number of amides is 1. The van der Waals surface area contributed by atoms with Crippen LogP contribution < -0.4 is 15.7 Å². The fourth-order valence-electron chi connectivity index (χ4n) is 3.44. The number of rotatable bonds is 9. The Morgan fingerprint density at radius 3 is 2.41 bits per heavy atom. The third-order valence-corrected chi connectivity index (χ3v) is 4.86. The van der Waals surface area contributed by atoms with Gasteiger partial charge in [-0.2, -0.15) is 0 Å². The Morgan fingerprint density at radius 1 is 1.06 bits per heavy atom. The van der Waals surface area contributed by atoms with Crippen molar-refractivity contribution >= 4 is 28.6 Å². The number of aliphatic hydroxyl groups is 1. The van der Waals surface area contributed by atoms with E-state index in [2.05, 4.69) is 5.32 Å². The summed E-state index contributed by atoms with van der Waals surface area (Å²) in [5.74, 6) is -0.118. The number of carbonyl (C=O) groups is 2. The van der Waals surface area contributed by atoms with E-state index >= 15 is 0 Å². The monoisotopic (exact) mass is 441 g/mol. The maximum atomic E-state index is 12.9. The first-order valence-corrected chi connectivity index (χ1v) is 10.4. The average Bonchev–Trinajstić information content (AvgIpc) is 3.03. The number of hydrogen-bond donors (Lipinski definition) is 2. The zero-order valence-corrected chi connectivity index (χ0v) is 18.3. The molecule has 0 saturated carbocycles. The van der Waals surface area contributed by atoms with Crippen molar-refractivity contribution < 1.29 is 24.2 Å². The second-order valence-electron chi connectivity index (χ2n) is 7.23. The van der Waals surface area contributed by atoms with Crippen molar-refractivity contribution in [1.82, 2.24) is 9.13 Å². The molecule has 0 unspecified atom stereocenters. The summed E-state index contributed by atoms with van der Waals surface area (Å²) in [6.07, 6.45) is -0.968. The van der Waals surface area contributed by atoms with Crippen LogP contribution >= 0.6 is 0 Å². The second-order valence-corrected chi connectivity index (χ2v) is 7.23. The number of anilines is 1. The van der Waals surface area contributed by atoms with Gasteiger partial charge in [0.2, 0.25) is 5.91 Å². The van der Waals surface area contributed by atoms with Gasteiger partial charge >= 0.3 is 11.7 Å². The summed E-state index contributed by atoms with van der Waals surface area (Å²) in [5.41, 5.74) is 1.92. The molecule has 3 rings (SSSR count). The zero-order chi connectivity index (χ0) is 23.3. The van der Waals surface area contributed by atoms with E-state index in [0.29, 0.717) is 34.6 Å². The number of hydrogen-bond acceptors (Lipinski definition) is 6. The normalized spacial score (nSPS) is 11.9. The molecule has 0 bridgehead atoms. The fourth-order valence-corrected chi connectivity index (χ4v) is 3.44. The number of benzene rings is 2. The SMILES string of the molecule is CCOC(=O)c1ccc2c(c1)n(C[C@@H](O)COc1ccc(NC(C)=O)cc1)c(=O)n2CC. The summed E-state index contributed by atoms with van der Waals surface area (Å²) in [6, 6.07) is 11.7. The zero-order valence-electron chi connectivity index (χ0n) is 18.3. The van der Waals surface area contributed by atoms with Gasteiger partial charge in [-0.25, -0.2) is 9.59 Å². The largest absolute Gasteiger partial charge is 0.491 e. The van der Waals surface area contributed by atoms with Gasteiger partial charge in [0.25, 0.3) is 0 Å². The van der Waals surface area contributed by atoms with Crippen LogP contribution in [0.15, 0.2) is 47.3 Å². The summed E-state index contributed by atoms with van der Waals surface area (Å²) < 4.78 is 13.7. The number of carbonyl (C=O) groups excluding carboxylic acids is 2. The molecule has 0 aliphatic carbocycles. The van der Waals surface area contributed by atoms with Crippen molar-refractivity contribution in [2.24, 2.45) is 0 Å². The molecular formula is C23H27N3O6. The number of aryl methyl sites for hydroxylation is 1. The molecule has 2 N–H and O–H groups in total. The topological polar surface area (TPSA) is 112 Å². The van der Waals surface area contributed by atoms with Gasteiger partial charge in [0.05, 0.1) is 29.7 Å². The van der Waals surface area contributed by atoms with Crippen LogP contribution in [-0.4, -0.2) is 45.4 Å². The molecule has 9 heteroatoms. The predicted molar refractivity (Wildman–Crippen MR) is 120 cm³/mol. The van der Waals surface area contributed by atoms with Gasteiger partial charge in [-0.05, 0) is 56.3 Å². The van der Waals surface area contributed by atoms with E-state index in [1.54, 1.807) is 54.0 Å². The molecule has 1 heterocycles. The van der Waals surface area contributed by atoms with E-state index < -0.39 is 12.1 Å². The summed E-state index contributed by atoms with van der Waals surface area (Å²) in [6.45, 7) is 5.67. The van der Waals surface area contributed by atoms with Gasteiger partial charge in [-0.3, -0.25) is 13.9 Å². The molecule has 0 fully saturated rings. The van der Waals surface area contributed by atoms with Crippen LogP contribution in [0, 0.1) is 0 Å². The fraction of sp³-hybridized carbons (Fsp3) is 0.348. The lowest BCUT2D eigenvalue weighted by molar-refractivity contribution is -0.114. The van der Waals surface area contributed by atoms with Gasteiger partial charge in [-0.1, -0.05) is 0 Å². The first kappa shape index (κ1) is 23.1. The molecule has 0 aliphatic rings. The highest BCUT2D eigenvalue weighted by molar-refractivity contribution is 5.93. The Labute approximate surface area is 185 Å². The third kappa shape index (κ3) is 5.17. The van der Waals surface area contributed by atoms with E-state index in [1.807, 2.05) is 6.92 Å². The van der Waals surface area contributed by atoms with Crippen LogP contribution in [0.5, 0.6) is 5.75 Å². The Hall–Kier alpha value is -3.59. The summed E-state index contributed by atoms with van der Waals surface area (Å²) in [4.78, 5) is 36.1. The second kappa shape index (κ2) is 10.1. The summed E-state index contributed by atoms with van der Waals surface area (Å²) >= 11 is 0. The Kier molecular flexibility index (Phi) is 7.32. The van der Waals surface area contributed by atoms with E-state index in [-0.39, 0.29) is 31.4 Å². The molecule has 1 atom stereocenters. The molecule has 0 radical (unpaired) electrons. The lowest BCUT2D eigenvalue weighted by Crippen LogP contribution is -2.31. The number of aromatic nitrogens is 2. The lowest BCUT2D eigenvalue weighted by atomic mass is 10.2. The van der Waals surface area contributed by atoms with Crippen molar-refractivity contribution in [3.8, 4) is 5.75 Å². The molecule has 9 nitrogen and oxygen atoms in total. The number of esters is 1. The minimum absolute atomic E-state index is 0.00140.